The molecule has 1 aliphatic rings. The molecule has 0 spiro atoms. The summed E-state index contributed by atoms with van der Waals surface area (Å²) in [5.41, 5.74) is 0. The molecular formula is C12H27N3O2S. The minimum Gasteiger partial charge on any atom is -0.313 e. The molecule has 0 radical (unpaired) electrons. The zero-order chi connectivity index (χ0) is 13.4. The quantitative estimate of drug-likeness (QED) is 0.573. The SMILES string of the molecule is CCCN(CC)CCNS(=O)(=O)CCNC1CC1. The second-order valence-electron chi connectivity index (χ2n) is 4.88. The van der Waals surface area contributed by atoms with Gasteiger partial charge in [0.05, 0.1) is 5.75 Å². The Balaban J connectivity index is 2.10. The molecule has 0 aliphatic heterocycles. The lowest BCUT2D eigenvalue weighted by atomic mass is 10.4. The lowest BCUT2D eigenvalue weighted by molar-refractivity contribution is 0.293. The van der Waals surface area contributed by atoms with Crippen LogP contribution >= 0.6 is 0 Å². The molecule has 1 fully saturated rings. The zero-order valence-electron chi connectivity index (χ0n) is 11.6. The first-order valence-electron chi connectivity index (χ1n) is 7.00. The lowest BCUT2D eigenvalue weighted by Crippen LogP contribution is -2.38. The van der Waals surface area contributed by atoms with Crippen LogP contribution in [-0.2, 0) is 10.0 Å². The van der Waals surface area contributed by atoms with Crippen molar-refractivity contribution in [2.75, 3.05) is 38.5 Å². The molecule has 6 heteroatoms. The highest BCUT2D eigenvalue weighted by atomic mass is 32.2. The van der Waals surface area contributed by atoms with Gasteiger partial charge in [0, 0.05) is 25.7 Å². The van der Waals surface area contributed by atoms with Crippen LogP contribution in [-0.4, -0.2) is 57.8 Å². The number of sulfonamides is 1. The Morgan fingerprint density at radius 2 is 1.89 bits per heavy atom. The number of hydrogen-bond donors (Lipinski definition) is 2. The van der Waals surface area contributed by atoms with Crippen molar-refractivity contribution in [3.05, 3.63) is 0 Å². The monoisotopic (exact) mass is 277 g/mol. The van der Waals surface area contributed by atoms with Gasteiger partial charge in [-0.15, -0.1) is 0 Å². The minimum absolute atomic E-state index is 0.184. The minimum atomic E-state index is -3.11. The number of nitrogens with zero attached hydrogens (tertiary/aromatic N) is 1. The molecule has 0 bridgehead atoms. The average molecular weight is 277 g/mol. The first-order chi connectivity index (χ1) is 8.57. The Hall–Kier alpha value is -0.170. The van der Waals surface area contributed by atoms with Crippen molar-refractivity contribution in [1.82, 2.24) is 14.9 Å². The highest BCUT2D eigenvalue weighted by Crippen LogP contribution is 2.17. The van der Waals surface area contributed by atoms with E-state index in [0.29, 0.717) is 19.1 Å². The third-order valence-corrected chi connectivity index (χ3v) is 4.50. The van der Waals surface area contributed by atoms with Crippen LogP contribution in [0.1, 0.15) is 33.1 Å². The van der Waals surface area contributed by atoms with Gasteiger partial charge in [-0.3, -0.25) is 0 Å². The highest BCUT2D eigenvalue weighted by Gasteiger charge is 2.21. The summed E-state index contributed by atoms with van der Waals surface area (Å²) in [6.07, 6.45) is 3.48. The van der Waals surface area contributed by atoms with E-state index in [9.17, 15) is 8.42 Å². The van der Waals surface area contributed by atoms with Gasteiger partial charge in [-0.1, -0.05) is 13.8 Å². The fraction of sp³-hybridized carbons (Fsp3) is 1.00. The van der Waals surface area contributed by atoms with Crippen molar-refractivity contribution in [3.8, 4) is 0 Å². The molecule has 0 atom stereocenters. The Kier molecular flexibility index (Phi) is 7.14. The maximum absolute atomic E-state index is 11.7. The molecule has 0 saturated heterocycles. The van der Waals surface area contributed by atoms with Crippen molar-refractivity contribution in [2.45, 2.75) is 39.2 Å². The molecule has 0 aromatic carbocycles. The van der Waals surface area contributed by atoms with Gasteiger partial charge in [0.25, 0.3) is 0 Å². The maximum atomic E-state index is 11.7. The molecule has 18 heavy (non-hydrogen) atoms. The molecular weight excluding hydrogens is 250 g/mol. The van der Waals surface area contributed by atoms with E-state index < -0.39 is 10.0 Å². The van der Waals surface area contributed by atoms with Gasteiger partial charge in [0.2, 0.25) is 10.0 Å². The molecule has 0 aromatic heterocycles. The second-order valence-corrected chi connectivity index (χ2v) is 6.80. The van der Waals surface area contributed by atoms with Crippen LogP contribution in [0.25, 0.3) is 0 Å². The normalized spacial score (nSPS) is 16.4. The largest absolute Gasteiger partial charge is 0.313 e. The summed E-state index contributed by atoms with van der Waals surface area (Å²) in [6.45, 7) is 8.10. The summed E-state index contributed by atoms with van der Waals surface area (Å²) in [5, 5.41) is 3.21. The zero-order valence-corrected chi connectivity index (χ0v) is 12.4. The predicted molar refractivity (Wildman–Crippen MR) is 75.2 cm³/mol. The van der Waals surface area contributed by atoms with Gasteiger partial charge < -0.3 is 10.2 Å². The third-order valence-electron chi connectivity index (χ3n) is 3.12. The second kappa shape index (κ2) is 8.09. The van der Waals surface area contributed by atoms with Gasteiger partial charge >= 0.3 is 0 Å². The van der Waals surface area contributed by atoms with Crippen molar-refractivity contribution in [3.63, 3.8) is 0 Å². The Bertz CT molecular complexity index is 315. The molecule has 1 saturated carbocycles. The van der Waals surface area contributed by atoms with Gasteiger partial charge in [0.15, 0.2) is 0 Å². The van der Waals surface area contributed by atoms with E-state index in [1.807, 2.05) is 0 Å². The van der Waals surface area contributed by atoms with Crippen LogP contribution in [0, 0.1) is 0 Å². The molecule has 1 rings (SSSR count). The summed E-state index contributed by atoms with van der Waals surface area (Å²) in [5.74, 6) is 0.184. The van der Waals surface area contributed by atoms with E-state index >= 15 is 0 Å². The molecule has 108 valence electrons. The summed E-state index contributed by atoms with van der Waals surface area (Å²) < 4.78 is 26.0. The summed E-state index contributed by atoms with van der Waals surface area (Å²) in [4.78, 5) is 2.25. The molecule has 5 nitrogen and oxygen atoms in total. The van der Waals surface area contributed by atoms with Gasteiger partial charge in [0.1, 0.15) is 0 Å². The molecule has 0 unspecified atom stereocenters. The Morgan fingerprint density at radius 3 is 2.44 bits per heavy atom. The smallest absolute Gasteiger partial charge is 0.212 e. The topological polar surface area (TPSA) is 61.4 Å². The predicted octanol–water partition coefficient (Wildman–Crippen LogP) is 0.390. The molecule has 2 N–H and O–H groups in total. The van der Waals surface area contributed by atoms with Crippen LogP contribution in [0.3, 0.4) is 0 Å². The van der Waals surface area contributed by atoms with Crippen LogP contribution in [0.4, 0.5) is 0 Å². The molecule has 0 amide bonds. The molecule has 1 aliphatic carbocycles. The summed E-state index contributed by atoms with van der Waals surface area (Å²) in [6, 6.07) is 0.570. The maximum Gasteiger partial charge on any atom is 0.212 e. The lowest BCUT2D eigenvalue weighted by Gasteiger charge is -2.19. The van der Waals surface area contributed by atoms with Crippen LogP contribution in [0.2, 0.25) is 0 Å². The number of nitrogens with one attached hydrogen (secondary N) is 2. The first-order valence-corrected chi connectivity index (χ1v) is 8.65. The van der Waals surface area contributed by atoms with Gasteiger partial charge in [-0.2, -0.15) is 0 Å². The van der Waals surface area contributed by atoms with E-state index in [4.69, 9.17) is 0 Å². The van der Waals surface area contributed by atoms with Crippen molar-refractivity contribution < 1.29 is 8.42 Å². The fourth-order valence-electron chi connectivity index (χ4n) is 1.86. The summed E-state index contributed by atoms with van der Waals surface area (Å²) in [7, 11) is -3.11. The van der Waals surface area contributed by atoms with Crippen LogP contribution in [0.5, 0.6) is 0 Å². The standard InChI is InChI=1S/C12H27N3O2S/c1-3-9-15(4-2)10-7-14-18(16,17)11-8-13-12-5-6-12/h12-14H,3-11H2,1-2H3. The van der Waals surface area contributed by atoms with Crippen molar-refractivity contribution in [2.24, 2.45) is 0 Å². The van der Waals surface area contributed by atoms with Crippen molar-refractivity contribution >= 4 is 10.0 Å². The van der Waals surface area contributed by atoms with Crippen molar-refractivity contribution in [1.29, 1.82) is 0 Å². The summed E-state index contributed by atoms with van der Waals surface area (Å²) >= 11 is 0. The fourth-order valence-corrected chi connectivity index (χ4v) is 2.79. The van der Waals surface area contributed by atoms with E-state index in [1.54, 1.807) is 0 Å². The van der Waals surface area contributed by atoms with E-state index in [1.165, 1.54) is 12.8 Å². The first kappa shape index (κ1) is 15.9. The van der Waals surface area contributed by atoms with E-state index in [2.05, 4.69) is 28.8 Å². The van der Waals surface area contributed by atoms with Gasteiger partial charge in [-0.25, -0.2) is 13.1 Å². The number of hydrogen-bond acceptors (Lipinski definition) is 4. The molecule has 0 aromatic rings. The Labute approximate surface area is 111 Å². The van der Waals surface area contributed by atoms with Crippen LogP contribution in [0.15, 0.2) is 0 Å². The highest BCUT2D eigenvalue weighted by molar-refractivity contribution is 7.89. The average Bonchev–Trinajstić information content (AvgIpc) is 3.11. The number of likely N-dealkylation sites (N-methyl/N-ethyl adjacent to an activating group) is 1. The van der Waals surface area contributed by atoms with Gasteiger partial charge in [-0.05, 0) is 32.4 Å². The van der Waals surface area contributed by atoms with Crippen LogP contribution < -0.4 is 10.0 Å². The van der Waals surface area contributed by atoms with E-state index in [-0.39, 0.29) is 5.75 Å². The number of rotatable bonds is 11. The third kappa shape index (κ3) is 7.31. The van der Waals surface area contributed by atoms with E-state index in [0.717, 1.165) is 26.1 Å². The Morgan fingerprint density at radius 1 is 1.17 bits per heavy atom. The molecule has 0 heterocycles.